The molecule has 84 valence electrons. The number of hydrogen-bond acceptors (Lipinski definition) is 5. The number of nitrogens with two attached hydrogens (primary N) is 1. The predicted molar refractivity (Wildman–Crippen MR) is 68.7 cm³/mol. The molecule has 1 heterocycles. The molecule has 0 saturated heterocycles. The first-order valence-corrected chi connectivity index (χ1v) is 6.68. The van der Waals surface area contributed by atoms with Crippen molar-refractivity contribution < 1.29 is 5.11 Å². The van der Waals surface area contributed by atoms with E-state index in [1.807, 2.05) is 23.6 Å². The third-order valence-electron chi connectivity index (χ3n) is 2.13. The molecule has 0 fully saturated rings. The van der Waals surface area contributed by atoms with Crippen LogP contribution in [0.4, 0.5) is 5.69 Å². The zero-order chi connectivity index (χ0) is 11.4. The van der Waals surface area contributed by atoms with Gasteiger partial charge in [0.25, 0.3) is 0 Å². The first kappa shape index (κ1) is 11.4. The van der Waals surface area contributed by atoms with E-state index in [0.717, 1.165) is 9.90 Å². The Morgan fingerprint density at radius 3 is 2.94 bits per heavy atom. The zero-order valence-electron chi connectivity index (χ0n) is 8.54. The van der Waals surface area contributed by atoms with Gasteiger partial charge in [0.2, 0.25) is 0 Å². The Hall–Kier alpha value is -1.04. The highest BCUT2D eigenvalue weighted by Gasteiger charge is 2.11. The molecule has 16 heavy (non-hydrogen) atoms. The van der Waals surface area contributed by atoms with Crippen LogP contribution in [0.3, 0.4) is 0 Å². The van der Waals surface area contributed by atoms with Gasteiger partial charge in [-0.3, -0.25) is 0 Å². The van der Waals surface area contributed by atoms with Crippen LogP contribution in [-0.4, -0.2) is 15.8 Å². The third kappa shape index (κ3) is 2.75. The highest BCUT2D eigenvalue weighted by molar-refractivity contribution is 8.01. The molecule has 2 aromatic rings. The Balaban J connectivity index is 1.98. The summed E-state index contributed by atoms with van der Waals surface area (Å²) in [5, 5.41) is 11.9. The fourth-order valence-corrected chi connectivity index (χ4v) is 2.95. The van der Waals surface area contributed by atoms with E-state index >= 15 is 0 Å². The Morgan fingerprint density at radius 1 is 1.44 bits per heavy atom. The van der Waals surface area contributed by atoms with Crippen molar-refractivity contribution in [2.75, 3.05) is 11.5 Å². The van der Waals surface area contributed by atoms with Crippen LogP contribution in [0.25, 0.3) is 0 Å². The average molecular weight is 252 g/mol. The summed E-state index contributed by atoms with van der Waals surface area (Å²) >= 11 is 3.11. The monoisotopic (exact) mass is 252 g/mol. The number of anilines is 1. The van der Waals surface area contributed by atoms with Gasteiger partial charge in [-0.1, -0.05) is 30.0 Å². The first-order valence-electron chi connectivity index (χ1n) is 4.82. The molecule has 3 nitrogen and oxygen atoms in total. The minimum Gasteiger partial charge on any atom is -0.398 e. The van der Waals surface area contributed by atoms with Crippen molar-refractivity contribution in [2.45, 2.75) is 10.4 Å². The van der Waals surface area contributed by atoms with Crippen molar-refractivity contribution in [1.82, 2.24) is 4.98 Å². The van der Waals surface area contributed by atoms with Crippen molar-refractivity contribution in [2.24, 2.45) is 0 Å². The molecule has 0 aliphatic rings. The van der Waals surface area contributed by atoms with Crippen LogP contribution in [0.15, 0.2) is 40.2 Å². The number of benzene rings is 1. The van der Waals surface area contributed by atoms with Gasteiger partial charge in [-0.2, -0.15) is 0 Å². The minimum absolute atomic E-state index is 0.546. The van der Waals surface area contributed by atoms with Gasteiger partial charge in [-0.05, 0) is 6.07 Å². The van der Waals surface area contributed by atoms with Gasteiger partial charge < -0.3 is 10.8 Å². The lowest BCUT2D eigenvalue weighted by molar-refractivity contribution is 0.205. The van der Waals surface area contributed by atoms with Crippen LogP contribution in [0.2, 0.25) is 0 Å². The molecule has 0 bridgehead atoms. The highest BCUT2D eigenvalue weighted by atomic mass is 32.2. The zero-order valence-corrected chi connectivity index (χ0v) is 10.2. The first-order chi connectivity index (χ1) is 7.77. The normalized spacial score (nSPS) is 12.6. The number of rotatable bonds is 4. The number of aliphatic hydroxyl groups is 1. The van der Waals surface area contributed by atoms with Crippen LogP contribution in [0.5, 0.6) is 0 Å². The van der Waals surface area contributed by atoms with Crippen molar-refractivity contribution in [3.8, 4) is 0 Å². The quantitative estimate of drug-likeness (QED) is 0.648. The van der Waals surface area contributed by atoms with Gasteiger partial charge in [0.1, 0.15) is 4.34 Å². The summed E-state index contributed by atoms with van der Waals surface area (Å²) in [6, 6.07) is 7.39. The van der Waals surface area contributed by atoms with Gasteiger partial charge in [-0.15, -0.1) is 11.3 Å². The second kappa shape index (κ2) is 5.34. The summed E-state index contributed by atoms with van der Waals surface area (Å²) in [5.74, 6) is 0.571. The van der Waals surface area contributed by atoms with Crippen LogP contribution < -0.4 is 5.73 Å². The maximum Gasteiger partial charge on any atom is 0.149 e. The molecule has 0 aliphatic carbocycles. The molecule has 0 amide bonds. The highest BCUT2D eigenvalue weighted by Crippen LogP contribution is 2.28. The van der Waals surface area contributed by atoms with E-state index in [-0.39, 0.29) is 0 Å². The van der Waals surface area contributed by atoms with Gasteiger partial charge in [-0.25, -0.2) is 4.98 Å². The number of nitrogens with zero attached hydrogens (tertiary/aromatic N) is 1. The number of nitrogen functional groups attached to an aromatic ring is 1. The summed E-state index contributed by atoms with van der Waals surface area (Å²) in [4.78, 5) is 4.14. The number of aliphatic hydroxyl groups excluding tert-OH is 1. The summed E-state index contributed by atoms with van der Waals surface area (Å²) in [6.07, 6.45) is 1.21. The lowest BCUT2D eigenvalue weighted by Gasteiger charge is -2.11. The largest absolute Gasteiger partial charge is 0.398 e. The van der Waals surface area contributed by atoms with E-state index in [0.29, 0.717) is 11.4 Å². The predicted octanol–water partition coefficient (Wildman–Crippen LogP) is 2.55. The maximum atomic E-state index is 9.98. The Morgan fingerprint density at radius 2 is 2.25 bits per heavy atom. The number of aromatic nitrogens is 1. The maximum absolute atomic E-state index is 9.98. The SMILES string of the molecule is Nc1ccccc1C(O)CSc1nccs1. The summed E-state index contributed by atoms with van der Waals surface area (Å²) in [7, 11) is 0. The molecule has 1 unspecified atom stereocenters. The lowest BCUT2D eigenvalue weighted by Crippen LogP contribution is -2.04. The molecule has 1 aromatic carbocycles. The van der Waals surface area contributed by atoms with Crippen LogP contribution in [0, 0.1) is 0 Å². The van der Waals surface area contributed by atoms with E-state index in [9.17, 15) is 5.11 Å². The molecule has 0 radical (unpaired) electrons. The van der Waals surface area contributed by atoms with Crippen LogP contribution >= 0.6 is 23.1 Å². The molecule has 1 atom stereocenters. The van der Waals surface area contributed by atoms with Crippen molar-refractivity contribution >= 4 is 28.8 Å². The Kier molecular flexibility index (Phi) is 3.82. The Bertz CT molecular complexity index is 445. The number of para-hydroxylation sites is 1. The summed E-state index contributed by atoms with van der Waals surface area (Å²) < 4.78 is 0.966. The minimum atomic E-state index is -0.546. The van der Waals surface area contributed by atoms with E-state index in [1.165, 1.54) is 0 Å². The van der Waals surface area contributed by atoms with Gasteiger partial charge in [0.05, 0.1) is 6.10 Å². The molecule has 0 spiro atoms. The van der Waals surface area contributed by atoms with Gasteiger partial charge in [0.15, 0.2) is 0 Å². The number of hydrogen-bond donors (Lipinski definition) is 2. The molecule has 0 aliphatic heterocycles. The van der Waals surface area contributed by atoms with Crippen molar-refractivity contribution in [1.29, 1.82) is 0 Å². The standard InChI is InChI=1S/C11H12N2OS2/c12-9-4-2-1-3-8(9)10(14)7-16-11-13-5-6-15-11/h1-6,10,14H,7,12H2. The topological polar surface area (TPSA) is 59.1 Å². The van der Waals surface area contributed by atoms with E-state index in [2.05, 4.69) is 4.98 Å². The molecule has 0 saturated carbocycles. The molecule has 5 heteroatoms. The van der Waals surface area contributed by atoms with E-state index < -0.39 is 6.10 Å². The average Bonchev–Trinajstić information content (AvgIpc) is 2.79. The van der Waals surface area contributed by atoms with Crippen LogP contribution in [0.1, 0.15) is 11.7 Å². The summed E-state index contributed by atoms with van der Waals surface area (Å²) in [6.45, 7) is 0. The smallest absolute Gasteiger partial charge is 0.149 e. The van der Waals surface area contributed by atoms with Crippen molar-refractivity contribution in [3.63, 3.8) is 0 Å². The number of thiazole rings is 1. The fourth-order valence-electron chi connectivity index (χ4n) is 1.34. The molecule has 2 rings (SSSR count). The third-order valence-corrected chi connectivity index (χ3v) is 4.17. The molecular formula is C11H12N2OS2. The van der Waals surface area contributed by atoms with E-state index in [1.54, 1.807) is 35.4 Å². The molecular weight excluding hydrogens is 240 g/mol. The lowest BCUT2D eigenvalue weighted by atomic mass is 10.1. The van der Waals surface area contributed by atoms with Gasteiger partial charge in [0, 0.05) is 28.6 Å². The second-order valence-corrected chi connectivity index (χ2v) is 5.42. The second-order valence-electron chi connectivity index (χ2n) is 3.25. The molecule has 1 aromatic heterocycles. The fraction of sp³-hybridized carbons (Fsp3) is 0.182. The van der Waals surface area contributed by atoms with Gasteiger partial charge >= 0.3 is 0 Å². The summed E-state index contributed by atoms with van der Waals surface area (Å²) in [5.41, 5.74) is 7.21. The van der Waals surface area contributed by atoms with Crippen LogP contribution in [-0.2, 0) is 0 Å². The van der Waals surface area contributed by atoms with E-state index in [4.69, 9.17) is 5.73 Å². The van der Waals surface area contributed by atoms with Crippen molar-refractivity contribution in [3.05, 3.63) is 41.4 Å². The Labute approximate surface area is 102 Å². The molecule has 3 N–H and O–H groups in total. The number of thioether (sulfide) groups is 1.